The summed E-state index contributed by atoms with van der Waals surface area (Å²) in [4.78, 5) is 19.8. The molecule has 1 fully saturated rings. The summed E-state index contributed by atoms with van der Waals surface area (Å²) >= 11 is 0. The van der Waals surface area contributed by atoms with E-state index >= 15 is 0 Å². The van der Waals surface area contributed by atoms with Gasteiger partial charge in [0.1, 0.15) is 5.82 Å². The number of benzene rings is 1. The average Bonchev–Trinajstić information content (AvgIpc) is 2.77. The standard InChI is InChI=1S/C24H33N3O4/c1-5-29-20-14-18(15-21(30-6-2)23(20)31-7-3)24(28)26-19-8-9-22(25-16-19)27-12-10-17(4)11-13-27/h8-9,14-17H,5-7,10-13H2,1-4H3,(H,26,28). The highest BCUT2D eigenvalue weighted by Crippen LogP contribution is 2.39. The number of aromatic nitrogens is 1. The van der Waals surface area contributed by atoms with E-state index in [0.29, 0.717) is 48.3 Å². The highest BCUT2D eigenvalue weighted by atomic mass is 16.5. The summed E-state index contributed by atoms with van der Waals surface area (Å²) in [7, 11) is 0. The van der Waals surface area contributed by atoms with Gasteiger partial charge >= 0.3 is 0 Å². The first-order valence-corrected chi connectivity index (χ1v) is 11.1. The van der Waals surface area contributed by atoms with Crippen LogP contribution < -0.4 is 24.4 Å². The molecule has 1 aliphatic rings. The van der Waals surface area contributed by atoms with Gasteiger partial charge in [-0.15, -0.1) is 0 Å². The lowest BCUT2D eigenvalue weighted by atomic mass is 9.99. The van der Waals surface area contributed by atoms with E-state index < -0.39 is 0 Å². The number of carbonyl (C=O) groups excluding carboxylic acids is 1. The van der Waals surface area contributed by atoms with Crippen molar-refractivity contribution >= 4 is 17.4 Å². The number of hydrogen-bond acceptors (Lipinski definition) is 6. The summed E-state index contributed by atoms with van der Waals surface area (Å²) in [5.74, 6) is 2.97. The zero-order chi connectivity index (χ0) is 22.2. The van der Waals surface area contributed by atoms with Crippen molar-refractivity contribution in [2.45, 2.75) is 40.5 Å². The Balaban J connectivity index is 1.76. The second-order valence-electron chi connectivity index (χ2n) is 7.63. The van der Waals surface area contributed by atoms with Crippen LogP contribution in [-0.4, -0.2) is 43.8 Å². The smallest absolute Gasteiger partial charge is 0.255 e. The van der Waals surface area contributed by atoms with Gasteiger partial charge in [0.25, 0.3) is 5.91 Å². The molecule has 0 radical (unpaired) electrons. The van der Waals surface area contributed by atoms with Crippen LogP contribution in [0.15, 0.2) is 30.5 Å². The Morgan fingerprint density at radius 2 is 1.65 bits per heavy atom. The molecular weight excluding hydrogens is 394 g/mol. The number of nitrogens with zero attached hydrogens (tertiary/aromatic N) is 2. The molecule has 0 aliphatic carbocycles. The van der Waals surface area contributed by atoms with Crippen molar-refractivity contribution in [3.8, 4) is 17.2 Å². The number of ether oxygens (including phenoxy) is 3. The van der Waals surface area contributed by atoms with Gasteiger partial charge in [-0.2, -0.15) is 0 Å². The maximum absolute atomic E-state index is 12.9. The minimum Gasteiger partial charge on any atom is -0.490 e. The van der Waals surface area contributed by atoms with Crippen LogP contribution in [0.3, 0.4) is 0 Å². The monoisotopic (exact) mass is 427 g/mol. The van der Waals surface area contributed by atoms with E-state index in [4.69, 9.17) is 14.2 Å². The Morgan fingerprint density at radius 3 is 2.16 bits per heavy atom. The van der Waals surface area contributed by atoms with Gasteiger partial charge in [-0.3, -0.25) is 4.79 Å². The first-order valence-electron chi connectivity index (χ1n) is 11.1. The molecule has 1 aromatic carbocycles. The van der Waals surface area contributed by atoms with Crippen molar-refractivity contribution in [2.75, 3.05) is 43.1 Å². The molecular formula is C24H33N3O4. The zero-order valence-electron chi connectivity index (χ0n) is 18.9. The fraction of sp³-hybridized carbons (Fsp3) is 0.500. The molecule has 0 bridgehead atoms. The molecule has 7 heteroatoms. The Labute approximate surface area is 184 Å². The molecule has 0 spiro atoms. The topological polar surface area (TPSA) is 72.9 Å². The number of piperidine rings is 1. The number of carbonyl (C=O) groups is 1. The van der Waals surface area contributed by atoms with Crippen molar-refractivity contribution in [1.82, 2.24) is 4.98 Å². The third kappa shape index (κ3) is 5.81. The highest BCUT2D eigenvalue weighted by Gasteiger charge is 2.19. The predicted octanol–water partition coefficient (Wildman–Crippen LogP) is 4.77. The lowest BCUT2D eigenvalue weighted by Crippen LogP contribution is -2.33. The van der Waals surface area contributed by atoms with E-state index in [-0.39, 0.29) is 5.91 Å². The normalized spacial score (nSPS) is 14.3. The molecule has 0 saturated carbocycles. The second kappa shape index (κ2) is 10.9. The van der Waals surface area contributed by atoms with Crippen LogP contribution in [0.5, 0.6) is 17.2 Å². The van der Waals surface area contributed by atoms with E-state index in [1.807, 2.05) is 32.9 Å². The molecule has 3 rings (SSSR count). The lowest BCUT2D eigenvalue weighted by molar-refractivity contribution is 0.102. The van der Waals surface area contributed by atoms with E-state index in [1.54, 1.807) is 18.3 Å². The SMILES string of the molecule is CCOc1cc(C(=O)Nc2ccc(N3CCC(C)CC3)nc2)cc(OCC)c1OCC. The molecule has 168 valence electrons. The number of hydrogen-bond donors (Lipinski definition) is 1. The van der Waals surface area contributed by atoms with Gasteiger partial charge in [-0.1, -0.05) is 6.92 Å². The van der Waals surface area contributed by atoms with Crippen molar-refractivity contribution in [3.63, 3.8) is 0 Å². The van der Waals surface area contributed by atoms with Gasteiger partial charge in [0, 0.05) is 18.7 Å². The van der Waals surface area contributed by atoms with Crippen LogP contribution in [0.25, 0.3) is 0 Å². The molecule has 1 N–H and O–H groups in total. The van der Waals surface area contributed by atoms with Crippen LogP contribution in [-0.2, 0) is 0 Å². The minimum absolute atomic E-state index is 0.258. The van der Waals surface area contributed by atoms with Crippen molar-refractivity contribution in [2.24, 2.45) is 5.92 Å². The Bertz CT molecular complexity index is 835. The molecule has 2 aromatic rings. The van der Waals surface area contributed by atoms with Crippen molar-refractivity contribution in [1.29, 1.82) is 0 Å². The molecule has 1 amide bonds. The number of rotatable bonds is 9. The molecule has 7 nitrogen and oxygen atoms in total. The quantitative estimate of drug-likeness (QED) is 0.622. The largest absolute Gasteiger partial charge is 0.490 e. The second-order valence-corrected chi connectivity index (χ2v) is 7.63. The summed E-state index contributed by atoms with van der Waals surface area (Å²) < 4.78 is 17.1. The molecule has 0 unspecified atom stereocenters. The molecule has 1 aromatic heterocycles. The minimum atomic E-state index is -0.258. The number of pyridine rings is 1. The van der Waals surface area contributed by atoms with Gasteiger partial charge < -0.3 is 24.4 Å². The predicted molar refractivity (Wildman–Crippen MR) is 123 cm³/mol. The van der Waals surface area contributed by atoms with Gasteiger partial charge in [0.15, 0.2) is 11.5 Å². The first kappa shape index (κ1) is 22.7. The fourth-order valence-electron chi connectivity index (χ4n) is 3.61. The molecule has 31 heavy (non-hydrogen) atoms. The Hall–Kier alpha value is -2.96. The van der Waals surface area contributed by atoms with Crippen LogP contribution in [0, 0.1) is 5.92 Å². The first-order chi connectivity index (χ1) is 15.0. The molecule has 2 heterocycles. The summed E-state index contributed by atoms with van der Waals surface area (Å²) in [6, 6.07) is 7.22. The summed E-state index contributed by atoms with van der Waals surface area (Å²) in [5.41, 5.74) is 1.08. The average molecular weight is 428 g/mol. The van der Waals surface area contributed by atoms with Crippen molar-refractivity contribution < 1.29 is 19.0 Å². The van der Waals surface area contributed by atoms with E-state index in [9.17, 15) is 4.79 Å². The summed E-state index contributed by atoms with van der Waals surface area (Å²) in [6.45, 7) is 11.4. The zero-order valence-corrected chi connectivity index (χ0v) is 18.9. The number of amides is 1. The van der Waals surface area contributed by atoms with E-state index in [1.165, 1.54) is 12.8 Å². The molecule has 1 saturated heterocycles. The van der Waals surface area contributed by atoms with Gasteiger partial charge in [-0.25, -0.2) is 4.98 Å². The maximum Gasteiger partial charge on any atom is 0.255 e. The number of nitrogens with one attached hydrogen (secondary N) is 1. The lowest BCUT2D eigenvalue weighted by Gasteiger charge is -2.31. The van der Waals surface area contributed by atoms with Gasteiger partial charge in [-0.05, 0) is 63.8 Å². The molecule has 1 aliphatic heterocycles. The van der Waals surface area contributed by atoms with Gasteiger partial charge in [0.2, 0.25) is 5.75 Å². The number of anilines is 2. The Morgan fingerprint density at radius 1 is 1.03 bits per heavy atom. The maximum atomic E-state index is 12.9. The highest BCUT2D eigenvalue weighted by molar-refractivity contribution is 6.05. The van der Waals surface area contributed by atoms with Crippen LogP contribution >= 0.6 is 0 Å². The summed E-state index contributed by atoms with van der Waals surface area (Å²) in [6.07, 6.45) is 4.07. The van der Waals surface area contributed by atoms with Gasteiger partial charge in [0.05, 0.1) is 31.7 Å². The Kier molecular flexibility index (Phi) is 7.98. The van der Waals surface area contributed by atoms with Crippen LogP contribution in [0.1, 0.15) is 50.9 Å². The third-order valence-electron chi connectivity index (χ3n) is 5.28. The van der Waals surface area contributed by atoms with Crippen LogP contribution in [0.2, 0.25) is 0 Å². The third-order valence-corrected chi connectivity index (χ3v) is 5.28. The van der Waals surface area contributed by atoms with E-state index in [2.05, 4.69) is 22.1 Å². The fourth-order valence-corrected chi connectivity index (χ4v) is 3.61. The van der Waals surface area contributed by atoms with Crippen LogP contribution in [0.4, 0.5) is 11.5 Å². The van der Waals surface area contributed by atoms with Crippen molar-refractivity contribution in [3.05, 3.63) is 36.0 Å². The van der Waals surface area contributed by atoms with E-state index in [0.717, 1.165) is 24.8 Å². The molecule has 0 atom stereocenters. The summed E-state index contributed by atoms with van der Waals surface area (Å²) in [5, 5.41) is 2.91.